The molecule has 1 rings (SSSR count). The van der Waals surface area contributed by atoms with Gasteiger partial charge in [0.2, 0.25) is 5.91 Å². The summed E-state index contributed by atoms with van der Waals surface area (Å²) in [5.41, 5.74) is -1.70. The number of hydrogen-bond acceptors (Lipinski definition) is 3. The van der Waals surface area contributed by atoms with Crippen LogP contribution in [0.4, 0.5) is 18.9 Å². The van der Waals surface area contributed by atoms with E-state index in [0.29, 0.717) is 6.07 Å². The average molecular weight is 287 g/mol. The molecule has 20 heavy (non-hydrogen) atoms. The molecule has 0 saturated heterocycles. The van der Waals surface area contributed by atoms with Crippen molar-refractivity contribution in [2.45, 2.75) is 13.1 Å². The summed E-state index contributed by atoms with van der Waals surface area (Å²) in [6.07, 6.45) is -3.65. The standard InChI is InChI=1S/C13H12F3NO3/c1-4-8-5-9(12(19)20-3)11(17-7(2)18)6-10(8)13(14,15)16/h4-6H,1H2,2-3H3,(H,17,18). The number of halogens is 3. The molecular formula is C13H12F3NO3. The van der Waals surface area contributed by atoms with Gasteiger partial charge in [0.15, 0.2) is 0 Å². The second-order valence-electron chi connectivity index (χ2n) is 3.86. The van der Waals surface area contributed by atoms with Gasteiger partial charge in [-0.3, -0.25) is 4.79 Å². The molecule has 1 amide bonds. The van der Waals surface area contributed by atoms with Crippen molar-refractivity contribution in [3.05, 3.63) is 35.4 Å². The van der Waals surface area contributed by atoms with E-state index < -0.39 is 23.6 Å². The van der Waals surface area contributed by atoms with Gasteiger partial charge in [-0.1, -0.05) is 12.7 Å². The molecule has 0 radical (unpaired) electrons. The van der Waals surface area contributed by atoms with Crippen LogP contribution in [-0.4, -0.2) is 19.0 Å². The minimum absolute atomic E-state index is 0.175. The Labute approximate surface area is 113 Å². The van der Waals surface area contributed by atoms with Gasteiger partial charge < -0.3 is 10.1 Å². The topological polar surface area (TPSA) is 55.4 Å². The quantitative estimate of drug-likeness (QED) is 0.869. The number of carbonyl (C=O) groups excluding carboxylic acids is 2. The molecule has 1 N–H and O–H groups in total. The predicted molar refractivity (Wildman–Crippen MR) is 67.2 cm³/mol. The van der Waals surface area contributed by atoms with Crippen molar-refractivity contribution >= 4 is 23.6 Å². The molecule has 0 aromatic heterocycles. The van der Waals surface area contributed by atoms with E-state index in [0.717, 1.165) is 26.2 Å². The second-order valence-corrected chi connectivity index (χ2v) is 3.86. The van der Waals surface area contributed by atoms with E-state index in [4.69, 9.17) is 0 Å². The Bertz CT molecular complexity index is 565. The zero-order chi connectivity index (χ0) is 15.5. The molecule has 0 heterocycles. The van der Waals surface area contributed by atoms with Crippen LogP contribution in [0, 0.1) is 0 Å². The van der Waals surface area contributed by atoms with Crippen molar-refractivity contribution in [1.82, 2.24) is 0 Å². The fourth-order valence-electron chi connectivity index (χ4n) is 1.60. The van der Waals surface area contributed by atoms with Crippen LogP contribution in [0.25, 0.3) is 6.08 Å². The zero-order valence-corrected chi connectivity index (χ0v) is 10.8. The number of amides is 1. The third-order valence-electron chi connectivity index (χ3n) is 2.43. The summed E-state index contributed by atoms with van der Waals surface area (Å²) in [4.78, 5) is 22.6. The van der Waals surface area contributed by atoms with Gasteiger partial charge in [0.1, 0.15) is 0 Å². The van der Waals surface area contributed by atoms with Crippen LogP contribution in [-0.2, 0) is 15.7 Å². The summed E-state index contributed by atoms with van der Waals surface area (Å²) in [5, 5.41) is 2.18. The Kier molecular flexibility index (Phi) is 4.54. The number of carbonyl (C=O) groups is 2. The van der Waals surface area contributed by atoms with E-state index in [2.05, 4.69) is 16.6 Å². The highest BCUT2D eigenvalue weighted by atomic mass is 19.4. The molecule has 0 aliphatic heterocycles. The lowest BCUT2D eigenvalue weighted by Gasteiger charge is -2.15. The minimum Gasteiger partial charge on any atom is -0.465 e. The first kappa shape index (κ1) is 15.7. The Morgan fingerprint density at radius 1 is 1.35 bits per heavy atom. The van der Waals surface area contributed by atoms with Gasteiger partial charge in [0.25, 0.3) is 0 Å². The molecule has 1 aromatic rings. The van der Waals surface area contributed by atoms with Crippen LogP contribution in [0.3, 0.4) is 0 Å². The lowest BCUT2D eigenvalue weighted by atomic mass is 10.0. The van der Waals surface area contributed by atoms with Crippen LogP contribution in [0.15, 0.2) is 18.7 Å². The summed E-state index contributed by atoms with van der Waals surface area (Å²) >= 11 is 0. The first-order valence-corrected chi connectivity index (χ1v) is 5.44. The molecule has 108 valence electrons. The van der Waals surface area contributed by atoms with Crippen molar-refractivity contribution < 1.29 is 27.5 Å². The summed E-state index contributed by atoms with van der Waals surface area (Å²) in [5.74, 6) is -1.46. The SMILES string of the molecule is C=Cc1cc(C(=O)OC)c(NC(C)=O)cc1C(F)(F)F. The van der Waals surface area contributed by atoms with Crippen molar-refractivity contribution in [3.8, 4) is 0 Å². The van der Waals surface area contributed by atoms with Gasteiger partial charge in [-0.25, -0.2) is 4.79 Å². The normalized spacial score (nSPS) is 10.8. The first-order valence-electron chi connectivity index (χ1n) is 5.44. The van der Waals surface area contributed by atoms with Gasteiger partial charge in [0, 0.05) is 6.92 Å². The molecule has 0 fully saturated rings. The maximum absolute atomic E-state index is 12.9. The van der Waals surface area contributed by atoms with E-state index in [1.807, 2.05) is 0 Å². The summed E-state index contributed by atoms with van der Waals surface area (Å²) in [7, 11) is 1.09. The average Bonchev–Trinajstić information content (AvgIpc) is 2.35. The van der Waals surface area contributed by atoms with Crippen LogP contribution in [0.5, 0.6) is 0 Å². The second kappa shape index (κ2) is 5.77. The summed E-state index contributed by atoms with van der Waals surface area (Å²) < 4.78 is 43.2. The van der Waals surface area contributed by atoms with Gasteiger partial charge in [-0.2, -0.15) is 13.2 Å². The van der Waals surface area contributed by atoms with Crippen LogP contribution in [0.2, 0.25) is 0 Å². The number of benzene rings is 1. The molecular weight excluding hydrogens is 275 g/mol. The third kappa shape index (κ3) is 3.37. The Morgan fingerprint density at radius 2 is 1.95 bits per heavy atom. The van der Waals surface area contributed by atoms with Gasteiger partial charge in [-0.05, 0) is 17.7 Å². The van der Waals surface area contributed by atoms with Crippen LogP contribution in [0.1, 0.15) is 28.4 Å². The lowest BCUT2D eigenvalue weighted by Crippen LogP contribution is -2.16. The smallest absolute Gasteiger partial charge is 0.417 e. The van der Waals surface area contributed by atoms with E-state index in [9.17, 15) is 22.8 Å². The lowest BCUT2D eigenvalue weighted by molar-refractivity contribution is -0.137. The molecule has 0 aliphatic carbocycles. The number of alkyl halides is 3. The Balaban J connectivity index is 3.56. The van der Waals surface area contributed by atoms with Crippen LogP contribution >= 0.6 is 0 Å². The van der Waals surface area contributed by atoms with Gasteiger partial charge in [-0.15, -0.1) is 0 Å². The fraction of sp³-hybridized carbons (Fsp3) is 0.231. The first-order chi connectivity index (χ1) is 9.20. The summed E-state index contributed by atoms with van der Waals surface area (Å²) in [6.45, 7) is 4.40. The predicted octanol–water partition coefficient (Wildman–Crippen LogP) is 3.09. The molecule has 0 aliphatic rings. The van der Waals surface area contributed by atoms with E-state index in [-0.39, 0.29) is 16.8 Å². The molecule has 0 atom stereocenters. The molecule has 4 nitrogen and oxygen atoms in total. The van der Waals surface area contributed by atoms with Crippen molar-refractivity contribution in [2.24, 2.45) is 0 Å². The highest BCUT2D eigenvalue weighted by Crippen LogP contribution is 2.36. The number of hydrogen-bond donors (Lipinski definition) is 1. The molecule has 0 unspecified atom stereocenters. The number of nitrogens with one attached hydrogen (secondary N) is 1. The number of esters is 1. The molecule has 0 saturated carbocycles. The summed E-state index contributed by atoms with van der Waals surface area (Å²) in [6, 6.07) is 1.66. The number of anilines is 1. The third-order valence-corrected chi connectivity index (χ3v) is 2.43. The van der Waals surface area contributed by atoms with Gasteiger partial charge >= 0.3 is 12.1 Å². The maximum atomic E-state index is 12.9. The van der Waals surface area contributed by atoms with Crippen molar-refractivity contribution in [3.63, 3.8) is 0 Å². The zero-order valence-electron chi connectivity index (χ0n) is 10.8. The van der Waals surface area contributed by atoms with Crippen molar-refractivity contribution in [2.75, 3.05) is 12.4 Å². The molecule has 1 aromatic carbocycles. The Hall–Kier alpha value is -2.31. The minimum atomic E-state index is -4.63. The number of ether oxygens (including phenoxy) is 1. The number of rotatable bonds is 3. The van der Waals surface area contributed by atoms with Gasteiger partial charge in [0.05, 0.1) is 23.9 Å². The fourth-order valence-corrected chi connectivity index (χ4v) is 1.60. The monoisotopic (exact) mass is 287 g/mol. The van der Waals surface area contributed by atoms with Crippen LogP contribution < -0.4 is 5.32 Å². The molecule has 7 heteroatoms. The van der Waals surface area contributed by atoms with Crippen molar-refractivity contribution in [1.29, 1.82) is 0 Å². The van der Waals surface area contributed by atoms with E-state index >= 15 is 0 Å². The Morgan fingerprint density at radius 3 is 2.35 bits per heavy atom. The molecule has 0 spiro atoms. The van der Waals surface area contributed by atoms with E-state index in [1.165, 1.54) is 0 Å². The largest absolute Gasteiger partial charge is 0.465 e. The highest BCUT2D eigenvalue weighted by molar-refractivity contribution is 6.01. The maximum Gasteiger partial charge on any atom is 0.417 e. The van der Waals surface area contributed by atoms with E-state index in [1.54, 1.807) is 0 Å². The molecule has 0 bridgehead atoms. The number of methoxy groups -OCH3 is 1. The highest BCUT2D eigenvalue weighted by Gasteiger charge is 2.34.